The fourth-order valence-electron chi connectivity index (χ4n) is 2.93. The van der Waals surface area contributed by atoms with Crippen LogP contribution in [0.5, 0.6) is 5.75 Å². The van der Waals surface area contributed by atoms with Crippen molar-refractivity contribution < 1.29 is 4.74 Å². The van der Waals surface area contributed by atoms with Crippen LogP contribution in [-0.4, -0.2) is 56.2 Å². The zero-order chi connectivity index (χ0) is 15.1. The number of hydrogen-bond acceptors (Lipinski definition) is 4. The standard InChI is InChI=1S/C17H25N3O/c1-19(2)14-16-7-4-9-20(16)10-5-11-21-17-8-3-6-15(12-17)13-18/h3,6,8,12,16H,4-5,7,9-11,14H2,1-2H3. The van der Waals surface area contributed by atoms with Crippen LogP contribution in [0.1, 0.15) is 24.8 Å². The van der Waals surface area contributed by atoms with E-state index in [9.17, 15) is 0 Å². The van der Waals surface area contributed by atoms with Crippen LogP contribution < -0.4 is 4.74 Å². The predicted molar refractivity (Wildman–Crippen MR) is 84.4 cm³/mol. The highest BCUT2D eigenvalue weighted by atomic mass is 16.5. The van der Waals surface area contributed by atoms with Gasteiger partial charge in [-0.3, -0.25) is 4.90 Å². The molecule has 0 amide bonds. The lowest BCUT2D eigenvalue weighted by molar-refractivity contribution is 0.191. The van der Waals surface area contributed by atoms with Gasteiger partial charge in [-0.1, -0.05) is 6.07 Å². The summed E-state index contributed by atoms with van der Waals surface area (Å²) in [6.45, 7) is 4.16. The van der Waals surface area contributed by atoms with Crippen LogP contribution in [0.25, 0.3) is 0 Å². The number of benzene rings is 1. The van der Waals surface area contributed by atoms with Crippen molar-refractivity contribution in [2.75, 3.05) is 40.3 Å². The average Bonchev–Trinajstić information content (AvgIpc) is 2.90. The minimum Gasteiger partial charge on any atom is -0.494 e. The van der Waals surface area contributed by atoms with E-state index in [4.69, 9.17) is 10.00 Å². The molecule has 21 heavy (non-hydrogen) atoms. The molecule has 2 rings (SSSR count). The maximum atomic E-state index is 8.86. The van der Waals surface area contributed by atoms with Gasteiger partial charge in [-0.25, -0.2) is 0 Å². The van der Waals surface area contributed by atoms with E-state index in [0.29, 0.717) is 18.2 Å². The van der Waals surface area contributed by atoms with Gasteiger partial charge in [0, 0.05) is 19.1 Å². The first-order valence-electron chi connectivity index (χ1n) is 7.71. The Balaban J connectivity index is 1.70. The summed E-state index contributed by atoms with van der Waals surface area (Å²) in [5.74, 6) is 0.792. The van der Waals surface area contributed by atoms with Gasteiger partial charge in [-0.15, -0.1) is 0 Å². The normalized spacial score (nSPS) is 18.9. The van der Waals surface area contributed by atoms with Crippen LogP contribution in [0.4, 0.5) is 0 Å². The molecule has 114 valence electrons. The molecule has 1 aliphatic rings. The fraction of sp³-hybridized carbons (Fsp3) is 0.588. The highest BCUT2D eigenvalue weighted by molar-refractivity contribution is 5.36. The Bertz CT molecular complexity index is 481. The van der Waals surface area contributed by atoms with E-state index in [-0.39, 0.29) is 0 Å². The summed E-state index contributed by atoms with van der Waals surface area (Å²) >= 11 is 0. The SMILES string of the molecule is CN(C)CC1CCCN1CCCOc1cccc(C#N)c1. The van der Waals surface area contributed by atoms with E-state index in [1.165, 1.54) is 19.4 Å². The lowest BCUT2D eigenvalue weighted by Crippen LogP contribution is -2.38. The number of hydrogen-bond donors (Lipinski definition) is 0. The Morgan fingerprint density at radius 2 is 2.29 bits per heavy atom. The fourth-order valence-corrected chi connectivity index (χ4v) is 2.93. The first-order valence-corrected chi connectivity index (χ1v) is 7.71. The largest absolute Gasteiger partial charge is 0.494 e. The van der Waals surface area contributed by atoms with Crippen LogP contribution in [0.2, 0.25) is 0 Å². The second-order valence-electron chi connectivity index (χ2n) is 5.94. The molecule has 1 aliphatic heterocycles. The summed E-state index contributed by atoms with van der Waals surface area (Å²) in [6.07, 6.45) is 3.65. The molecule has 0 N–H and O–H groups in total. The number of nitriles is 1. The van der Waals surface area contributed by atoms with E-state index in [1.54, 1.807) is 12.1 Å². The van der Waals surface area contributed by atoms with Crippen LogP contribution in [0, 0.1) is 11.3 Å². The Hall–Kier alpha value is -1.57. The minimum atomic E-state index is 0.651. The molecule has 1 saturated heterocycles. The zero-order valence-corrected chi connectivity index (χ0v) is 13.1. The third-order valence-corrected chi connectivity index (χ3v) is 3.90. The maximum Gasteiger partial charge on any atom is 0.120 e. The van der Waals surface area contributed by atoms with E-state index in [2.05, 4.69) is 30.0 Å². The Morgan fingerprint density at radius 1 is 1.43 bits per heavy atom. The van der Waals surface area contributed by atoms with E-state index >= 15 is 0 Å². The van der Waals surface area contributed by atoms with Gasteiger partial charge in [0.1, 0.15) is 5.75 Å². The number of nitrogens with zero attached hydrogens (tertiary/aromatic N) is 3. The Morgan fingerprint density at radius 3 is 3.05 bits per heavy atom. The summed E-state index contributed by atoms with van der Waals surface area (Å²) in [5.41, 5.74) is 0.651. The van der Waals surface area contributed by atoms with Crippen molar-refractivity contribution in [3.63, 3.8) is 0 Å². The molecule has 1 fully saturated rings. The summed E-state index contributed by atoms with van der Waals surface area (Å²) in [7, 11) is 4.28. The third kappa shape index (κ3) is 5.04. The topological polar surface area (TPSA) is 39.5 Å². The lowest BCUT2D eigenvalue weighted by Gasteiger charge is -2.26. The Labute approximate surface area is 127 Å². The van der Waals surface area contributed by atoms with Gasteiger partial charge >= 0.3 is 0 Å². The lowest BCUT2D eigenvalue weighted by atomic mass is 10.2. The molecular formula is C17H25N3O. The molecule has 0 bridgehead atoms. The van der Waals surface area contributed by atoms with E-state index in [1.807, 2.05) is 12.1 Å². The van der Waals surface area contributed by atoms with Crippen molar-refractivity contribution in [1.82, 2.24) is 9.80 Å². The number of likely N-dealkylation sites (N-methyl/N-ethyl adjacent to an activating group) is 1. The van der Waals surface area contributed by atoms with Crippen LogP contribution in [0.15, 0.2) is 24.3 Å². The van der Waals surface area contributed by atoms with Crippen molar-refractivity contribution >= 4 is 0 Å². The van der Waals surface area contributed by atoms with Gasteiger partial charge in [0.2, 0.25) is 0 Å². The number of likely N-dealkylation sites (tertiary alicyclic amines) is 1. The van der Waals surface area contributed by atoms with Crippen molar-refractivity contribution in [3.8, 4) is 11.8 Å². The summed E-state index contributed by atoms with van der Waals surface area (Å²) in [5, 5.41) is 8.86. The maximum absolute atomic E-state index is 8.86. The second-order valence-corrected chi connectivity index (χ2v) is 5.94. The highest BCUT2D eigenvalue weighted by Crippen LogP contribution is 2.18. The molecule has 1 heterocycles. The summed E-state index contributed by atoms with van der Waals surface area (Å²) in [4.78, 5) is 4.85. The summed E-state index contributed by atoms with van der Waals surface area (Å²) < 4.78 is 5.74. The molecule has 0 saturated carbocycles. The third-order valence-electron chi connectivity index (χ3n) is 3.90. The summed E-state index contributed by atoms with van der Waals surface area (Å²) in [6, 6.07) is 10.2. The van der Waals surface area contributed by atoms with Crippen LogP contribution in [0.3, 0.4) is 0 Å². The number of rotatable bonds is 7. The van der Waals surface area contributed by atoms with E-state index in [0.717, 1.165) is 25.3 Å². The highest BCUT2D eigenvalue weighted by Gasteiger charge is 2.24. The minimum absolute atomic E-state index is 0.651. The van der Waals surface area contributed by atoms with E-state index < -0.39 is 0 Å². The molecule has 4 heteroatoms. The van der Waals surface area contributed by atoms with Crippen molar-refractivity contribution in [3.05, 3.63) is 29.8 Å². The van der Waals surface area contributed by atoms with Crippen LogP contribution >= 0.6 is 0 Å². The van der Waals surface area contributed by atoms with Crippen LogP contribution in [-0.2, 0) is 0 Å². The molecule has 0 radical (unpaired) electrons. The monoisotopic (exact) mass is 287 g/mol. The van der Waals surface area contributed by atoms with Gasteiger partial charge in [-0.05, 0) is 58.1 Å². The number of ether oxygens (including phenoxy) is 1. The predicted octanol–water partition coefficient (Wildman–Crippen LogP) is 2.35. The van der Waals surface area contributed by atoms with Crippen molar-refractivity contribution in [1.29, 1.82) is 5.26 Å². The van der Waals surface area contributed by atoms with Crippen molar-refractivity contribution in [2.24, 2.45) is 0 Å². The molecule has 1 unspecified atom stereocenters. The van der Waals surface area contributed by atoms with Gasteiger partial charge in [0.15, 0.2) is 0 Å². The smallest absolute Gasteiger partial charge is 0.120 e. The molecule has 1 aromatic carbocycles. The quantitative estimate of drug-likeness (QED) is 0.722. The Kier molecular flexibility index (Phi) is 6.04. The molecule has 1 atom stereocenters. The average molecular weight is 287 g/mol. The molecule has 0 spiro atoms. The second kappa shape index (κ2) is 8.02. The van der Waals surface area contributed by atoms with Crippen molar-refractivity contribution in [2.45, 2.75) is 25.3 Å². The zero-order valence-electron chi connectivity index (χ0n) is 13.1. The first kappa shape index (κ1) is 15.8. The first-order chi connectivity index (χ1) is 10.2. The molecular weight excluding hydrogens is 262 g/mol. The molecule has 4 nitrogen and oxygen atoms in total. The van der Waals surface area contributed by atoms with Gasteiger partial charge in [0.25, 0.3) is 0 Å². The van der Waals surface area contributed by atoms with Gasteiger partial charge in [0.05, 0.1) is 18.2 Å². The van der Waals surface area contributed by atoms with Gasteiger partial charge in [-0.2, -0.15) is 5.26 Å². The molecule has 0 aromatic heterocycles. The van der Waals surface area contributed by atoms with Gasteiger partial charge < -0.3 is 9.64 Å². The molecule has 0 aliphatic carbocycles. The molecule has 1 aromatic rings.